The van der Waals surface area contributed by atoms with Crippen molar-refractivity contribution in [3.8, 4) is 0 Å². The Morgan fingerprint density at radius 2 is 2.26 bits per heavy atom. The molecule has 0 saturated heterocycles. The van der Waals surface area contributed by atoms with Gasteiger partial charge in [-0.1, -0.05) is 39.4 Å². The van der Waals surface area contributed by atoms with Crippen molar-refractivity contribution >= 4 is 60.8 Å². The molecular formula is C17H13BrN2OS2. The van der Waals surface area contributed by atoms with Gasteiger partial charge in [-0.2, -0.15) is 4.99 Å². The summed E-state index contributed by atoms with van der Waals surface area (Å²) in [6, 6.07) is 9.95. The Morgan fingerprint density at radius 3 is 3.00 bits per heavy atom. The molecule has 0 fully saturated rings. The van der Waals surface area contributed by atoms with Crippen LogP contribution in [-0.2, 0) is 11.3 Å². The van der Waals surface area contributed by atoms with Crippen molar-refractivity contribution in [3.63, 3.8) is 0 Å². The Balaban J connectivity index is 2.01. The van der Waals surface area contributed by atoms with Crippen LogP contribution in [0.5, 0.6) is 0 Å². The maximum Gasteiger partial charge on any atom is 0.272 e. The van der Waals surface area contributed by atoms with Gasteiger partial charge >= 0.3 is 0 Å². The summed E-state index contributed by atoms with van der Waals surface area (Å²) in [5.74, 6) is -0.262. The molecule has 3 aromatic rings. The second kappa shape index (κ2) is 7.21. The molecule has 6 heteroatoms. The number of halogens is 1. The SMILES string of the molecule is C=CCn1c(=NC(=O)C=Cc2cccs2)sc2cc(Br)ccc21. The van der Waals surface area contributed by atoms with Crippen LogP contribution in [0.1, 0.15) is 4.88 Å². The van der Waals surface area contributed by atoms with Crippen LogP contribution in [0.2, 0.25) is 0 Å². The lowest BCUT2D eigenvalue weighted by molar-refractivity contribution is -0.113. The van der Waals surface area contributed by atoms with Gasteiger partial charge in [0.25, 0.3) is 5.91 Å². The second-order valence-corrected chi connectivity index (χ2v) is 7.60. The molecule has 0 atom stereocenters. The molecule has 0 unspecified atom stereocenters. The third-order valence-electron chi connectivity index (χ3n) is 3.10. The third kappa shape index (κ3) is 3.77. The third-order valence-corrected chi connectivity index (χ3v) is 5.47. The zero-order valence-corrected chi connectivity index (χ0v) is 15.3. The van der Waals surface area contributed by atoms with Crippen molar-refractivity contribution in [3.05, 3.63) is 68.6 Å². The summed E-state index contributed by atoms with van der Waals surface area (Å²) in [6.07, 6.45) is 5.10. The van der Waals surface area contributed by atoms with E-state index in [2.05, 4.69) is 27.5 Å². The van der Waals surface area contributed by atoms with Crippen LogP contribution >= 0.6 is 38.6 Å². The summed E-state index contributed by atoms with van der Waals surface area (Å²) in [4.78, 5) is 18.1. The Hall–Kier alpha value is -1.76. The van der Waals surface area contributed by atoms with Crippen molar-refractivity contribution in [1.82, 2.24) is 4.57 Å². The molecule has 2 heterocycles. The van der Waals surface area contributed by atoms with Crippen molar-refractivity contribution in [2.75, 3.05) is 0 Å². The number of allylic oxidation sites excluding steroid dienone is 1. The zero-order valence-electron chi connectivity index (χ0n) is 12.1. The second-order valence-electron chi connectivity index (χ2n) is 4.69. The van der Waals surface area contributed by atoms with Gasteiger partial charge in [0.2, 0.25) is 0 Å². The van der Waals surface area contributed by atoms with Crippen LogP contribution in [0.25, 0.3) is 16.3 Å². The highest BCUT2D eigenvalue weighted by Crippen LogP contribution is 2.22. The number of hydrogen-bond acceptors (Lipinski definition) is 3. The van der Waals surface area contributed by atoms with E-state index in [0.717, 1.165) is 19.6 Å². The number of carbonyl (C=O) groups excluding carboxylic acids is 1. The monoisotopic (exact) mass is 404 g/mol. The average molecular weight is 405 g/mol. The van der Waals surface area contributed by atoms with E-state index in [0.29, 0.717) is 11.3 Å². The summed E-state index contributed by atoms with van der Waals surface area (Å²) in [6.45, 7) is 4.40. The molecule has 3 rings (SSSR count). The molecule has 0 aliphatic rings. The molecule has 0 aliphatic carbocycles. The fraction of sp³-hybridized carbons (Fsp3) is 0.0588. The van der Waals surface area contributed by atoms with Crippen molar-refractivity contribution in [2.45, 2.75) is 6.54 Å². The maximum absolute atomic E-state index is 12.1. The number of nitrogens with zero attached hydrogens (tertiary/aromatic N) is 2. The smallest absolute Gasteiger partial charge is 0.272 e. The van der Waals surface area contributed by atoms with Gasteiger partial charge in [0.15, 0.2) is 4.80 Å². The van der Waals surface area contributed by atoms with Gasteiger partial charge in [-0.25, -0.2) is 0 Å². The molecule has 2 aromatic heterocycles. The fourth-order valence-electron chi connectivity index (χ4n) is 2.11. The molecule has 0 aliphatic heterocycles. The number of carbonyl (C=O) groups is 1. The number of rotatable bonds is 4. The first kappa shape index (κ1) is 16.1. The maximum atomic E-state index is 12.1. The summed E-state index contributed by atoms with van der Waals surface area (Å²) >= 11 is 6.55. The molecule has 0 N–H and O–H groups in total. The summed E-state index contributed by atoms with van der Waals surface area (Å²) in [5, 5.41) is 1.98. The first-order valence-electron chi connectivity index (χ1n) is 6.87. The lowest BCUT2D eigenvalue weighted by atomic mass is 10.3. The van der Waals surface area contributed by atoms with Crippen molar-refractivity contribution < 1.29 is 4.79 Å². The number of aromatic nitrogens is 1. The first-order chi connectivity index (χ1) is 11.2. The zero-order chi connectivity index (χ0) is 16.2. The van der Waals surface area contributed by atoms with Crippen LogP contribution in [0.3, 0.4) is 0 Å². The van der Waals surface area contributed by atoms with E-state index in [1.807, 2.05) is 40.3 Å². The van der Waals surface area contributed by atoms with Crippen LogP contribution in [0.4, 0.5) is 0 Å². The molecule has 0 radical (unpaired) electrons. The Kier molecular flexibility index (Phi) is 5.05. The number of hydrogen-bond donors (Lipinski definition) is 0. The number of thiophene rings is 1. The normalized spacial score (nSPS) is 12.3. The highest BCUT2D eigenvalue weighted by atomic mass is 79.9. The minimum atomic E-state index is -0.262. The number of fused-ring (bicyclic) bond motifs is 1. The highest BCUT2D eigenvalue weighted by Gasteiger charge is 2.06. The fourth-order valence-corrected chi connectivity index (χ4v) is 4.32. The summed E-state index contributed by atoms with van der Waals surface area (Å²) in [7, 11) is 0. The molecule has 1 aromatic carbocycles. The minimum absolute atomic E-state index is 0.262. The van der Waals surface area contributed by atoms with Gasteiger partial charge < -0.3 is 4.57 Å². The molecule has 116 valence electrons. The standard InChI is InChI=1S/C17H13BrN2OS2/c1-2-9-20-14-7-5-12(18)11-15(14)23-17(20)19-16(21)8-6-13-4-3-10-22-13/h2-8,10-11H,1,9H2. The Morgan fingerprint density at radius 1 is 1.39 bits per heavy atom. The molecule has 0 spiro atoms. The molecule has 3 nitrogen and oxygen atoms in total. The topological polar surface area (TPSA) is 34.4 Å². The van der Waals surface area contributed by atoms with E-state index in [-0.39, 0.29) is 5.91 Å². The predicted molar refractivity (Wildman–Crippen MR) is 102 cm³/mol. The first-order valence-corrected chi connectivity index (χ1v) is 9.36. The minimum Gasteiger partial charge on any atom is -0.312 e. The van der Waals surface area contributed by atoms with Gasteiger partial charge in [0.05, 0.1) is 10.2 Å². The lowest BCUT2D eigenvalue weighted by Crippen LogP contribution is -2.15. The number of amides is 1. The van der Waals surface area contributed by atoms with Crippen LogP contribution in [-0.4, -0.2) is 10.5 Å². The average Bonchev–Trinajstić information content (AvgIpc) is 3.14. The van der Waals surface area contributed by atoms with Gasteiger partial charge in [-0.3, -0.25) is 4.79 Å². The van der Waals surface area contributed by atoms with Gasteiger partial charge in [0.1, 0.15) is 0 Å². The molecular weight excluding hydrogens is 392 g/mol. The molecule has 23 heavy (non-hydrogen) atoms. The predicted octanol–water partition coefficient (Wildman–Crippen LogP) is 4.85. The van der Waals surface area contributed by atoms with Crippen LogP contribution in [0, 0.1) is 0 Å². The summed E-state index contributed by atoms with van der Waals surface area (Å²) < 4.78 is 4.08. The van der Waals surface area contributed by atoms with E-state index in [1.165, 1.54) is 17.4 Å². The Bertz CT molecular complexity index is 949. The van der Waals surface area contributed by atoms with Crippen LogP contribution < -0.4 is 4.80 Å². The van der Waals surface area contributed by atoms with Gasteiger partial charge in [0, 0.05) is 22.0 Å². The molecule has 0 saturated carbocycles. The van der Waals surface area contributed by atoms with Crippen molar-refractivity contribution in [2.24, 2.45) is 4.99 Å². The van der Waals surface area contributed by atoms with E-state index in [9.17, 15) is 4.79 Å². The number of thiazole rings is 1. The van der Waals surface area contributed by atoms with E-state index in [1.54, 1.807) is 23.5 Å². The quantitative estimate of drug-likeness (QED) is 0.451. The molecule has 1 amide bonds. The van der Waals surface area contributed by atoms with Crippen LogP contribution in [0.15, 0.2) is 63.9 Å². The van der Waals surface area contributed by atoms with Gasteiger partial charge in [-0.05, 0) is 35.7 Å². The molecule has 0 bridgehead atoms. The van der Waals surface area contributed by atoms with Crippen molar-refractivity contribution in [1.29, 1.82) is 0 Å². The van der Waals surface area contributed by atoms with Gasteiger partial charge in [-0.15, -0.1) is 17.9 Å². The number of benzene rings is 1. The largest absolute Gasteiger partial charge is 0.312 e. The van der Waals surface area contributed by atoms with E-state index in [4.69, 9.17) is 0 Å². The highest BCUT2D eigenvalue weighted by molar-refractivity contribution is 9.10. The Labute approximate surface area is 150 Å². The summed E-state index contributed by atoms with van der Waals surface area (Å²) in [5.41, 5.74) is 1.05. The van der Waals surface area contributed by atoms with E-state index >= 15 is 0 Å². The van der Waals surface area contributed by atoms with E-state index < -0.39 is 0 Å². The lowest BCUT2D eigenvalue weighted by Gasteiger charge is -2.00.